The molecule has 0 unspecified atom stereocenters. The van der Waals surface area contributed by atoms with E-state index in [9.17, 15) is 27.9 Å². The lowest BCUT2D eigenvalue weighted by atomic mass is 9.99. The van der Waals surface area contributed by atoms with Gasteiger partial charge in [0.25, 0.3) is 0 Å². The number of nitrogens with one attached hydrogen (secondary N) is 3. The average molecular weight is 526 g/mol. The third-order valence-corrected chi connectivity index (χ3v) is 7.05. The van der Waals surface area contributed by atoms with E-state index in [1.54, 1.807) is 18.2 Å². The number of nitrogens with zero attached hydrogens (tertiary/aromatic N) is 1. The number of phenols is 1. The maximum atomic E-state index is 12.7. The van der Waals surface area contributed by atoms with Crippen LogP contribution in [0.25, 0.3) is 0 Å². The topological polar surface area (TPSA) is 122 Å². The van der Waals surface area contributed by atoms with Gasteiger partial charge in [0.05, 0.1) is 11.2 Å². The van der Waals surface area contributed by atoms with E-state index >= 15 is 0 Å². The minimum atomic E-state index is -4.90. The number of urea groups is 1. The second-order valence-corrected chi connectivity index (χ2v) is 9.46. The van der Waals surface area contributed by atoms with Crippen LogP contribution in [-0.2, 0) is 11.2 Å². The van der Waals surface area contributed by atoms with Gasteiger partial charge in [-0.15, -0.1) is 13.2 Å². The summed E-state index contributed by atoms with van der Waals surface area (Å²) in [6.07, 6.45) is -1.88. The number of anilines is 2. The zero-order valence-corrected chi connectivity index (χ0v) is 19.6. The van der Waals surface area contributed by atoms with Crippen LogP contribution < -0.4 is 25.4 Å². The molecule has 0 radical (unpaired) electrons. The lowest BCUT2D eigenvalue weighted by Crippen LogP contribution is -2.36. The quantitative estimate of drug-likeness (QED) is 0.357. The Bertz CT molecular complexity index is 1460. The number of hydrogen-bond donors (Lipinski definition) is 4. The minimum Gasteiger partial charge on any atom is -0.508 e. The summed E-state index contributed by atoms with van der Waals surface area (Å²) >= 11 is 0. The molecule has 0 bridgehead atoms. The number of alkyl halides is 3. The molecule has 38 heavy (non-hydrogen) atoms. The fourth-order valence-corrected chi connectivity index (χ4v) is 5.10. The summed E-state index contributed by atoms with van der Waals surface area (Å²) in [6, 6.07) is 11.1. The zero-order valence-electron chi connectivity index (χ0n) is 19.6. The van der Waals surface area contributed by atoms with Gasteiger partial charge in [0.2, 0.25) is 5.91 Å². The first-order chi connectivity index (χ1) is 18.1. The number of amides is 3. The first-order valence-corrected chi connectivity index (χ1v) is 11.9. The molecule has 1 aliphatic heterocycles. The van der Waals surface area contributed by atoms with Crippen molar-refractivity contribution in [1.82, 2.24) is 10.3 Å². The van der Waals surface area contributed by atoms with Crippen LogP contribution in [0.2, 0.25) is 0 Å². The number of fused-ring (bicyclic) bond motifs is 2. The summed E-state index contributed by atoms with van der Waals surface area (Å²) in [6.45, 7) is 0. The number of hydrogen-bond acceptors (Lipinski definition) is 6. The molecule has 4 N–H and O–H groups in total. The molecular weight excluding hydrogens is 505 g/mol. The average Bonchev–Trinajstić information content (AvgIpc) is 3.71. The van der Waals surface area contributed by atoms with Gasteiger partial charge in [-0.05, 0) is 55.2 Å². The number of phenolic OH excluding ortho intramolecular Hbond substituents is 1. The molecule has 3 amide bonds. The molecule has 3 aromatic rings. The van der Waals surface area contributed by atoms with Crippen LogP contribution in [0.4, 0.5) is 29.5 Å². The van der Waals surface area contributed by atoms with E-state index in [4.69, 9.17) is 4.74 Å². The SMILES string of the molecule is O=C1CCc2c(Oc3ccc(O)c([C@@H]4[C@@H]5C[C@@]45NC(=O)Nc4ccccc4OC(F)(F)F)c3)ccnc2N1. The molecule has 2 saturated carbocycles. The predicted molar refractivity (Wildman–Crippen MR) is 128 cm³/mol. The molecule has 0 spiro atoms. The molecule has 0 saturated heterocycles. The number of carbonyl (C=O) groups excluding carboxylic acids is 2. The summed E-state index contributed by atoms with van der Waals surface area (Å²) in [5.41, 5.74) is 0.653. The molecule has 196 valence electrons. The maximum absolute atomic E-state index is 12.7. The molecule has 2 fully saturated rings. The number of para-hydroxylation sites is 2. The second-order valence-electron chi connectivity index (χ2n) is 9.46. The summed E-state index contributed by atoms with van der Waals surface area (Å²) in [4.78, 5) is 28.5. The third-order valence-electron chi connectivity index (χ3n) is 7.05. The molecule has 2 aromatic carbocycles. The number of halogens is 3. The van der Waals surface area contributed by atoms with Gasteiger partial charge in [0.15, 0.2) is 5.75 Å². The lowest BCUT2D eigenvalue weighted by Gasteiger charge is -2.20. The zero-order chi connectivity index (χ0) is 26.7. The Morgan fingerprint density at radius 3 is 2.74 bits per heavy atom. The number of rotatable bonds is 6. The van der Waals surface area contributed by atoms with E-state index in [0.29, 0.717) is 42.1 Å². The van der Waals surface area contributed by atoms with E-state index in [2.05, 4.69) is 25.7 Å². The molecule has 2 heterocycles. The van der Waals surface area contributed by atoms with Gasteiger partial charge >= 0.3 is 12.4 Å². The van der Waals surface area contributed by atoms with E-state index in [0.717, 1.165) is 11.6 Å². The minimum absolute atomic E-state index is 0.0454. The largest absolute Gasteiger partial charge is 0.573 e. The van der Waals surface area contributed by atoms with E-state index < -0.39 is 23.7 Å². The maximum Gasteiger partial charge on any atom is 0.573 e. The van der Waals surface area contributed by atoms with Crippen LogP contribution >= 0.6 is 0 Å². The smallest absolute Gasteiger partial charge is 0.508 e. The monoisotopic (exact) mass is 526 g/mol. The molecule has 2 aliphatic carbocycles. The van der Waals surface area contributed by atoms with Gasteiger partial charge in [-0.25, -0.2) is 9.78 Å². The number of ether oxygens (including phenoxy) is 2. The molecule has 12 heteroatoms. The van der Waals surface area contributed by atoms with Crippen LogP contribution in [0, 0.1) is 5.92 Å². The van der Waals surface area contributed by atoms with E-state index in [1.807, 2.05) is 0 Å². The Labute approximate surface area is 214 Å². The lowest BCUT2D eigenvalue weighted by molar-refractivity contribution is -0.274. The van der Waals surface area contributed by atoms with Crippen molar-refractivity contribution in [2.45, 2.75) is 37.1 Å². The van der Waals surface area contributed by atoms with Crippen molar-refractivity contribution in [2.24, 2.45) is 5.92 Å². The van der Waals surface area contributed by atoms with E-state index in [-0.39, 0.29) is 29.2 Å². The fourth-order valence-electron chi connectivity index (χ4n) is 5.10. The highest BCUT2D eigenvalue weighted by Gasteiger charge is 2.80. The van der Waals surface area contributed by atoms with Crippen LogP contribution in [0.1, 0.15) is 29.9 Å². The Morgan fingerprint density at radius 1 is 1.13 bits per heavy atom. The Kier molecular flexibility index (Phi) is 5.37. The van der Waals surface area contributed by atoms with Crippen molar-refractivity contribution in [3.63, 3.8) is 0 Å². The standard InChI is InChI=1S/C26H21F3N4O5/c27-26(28,29)38-20-4-2-1-3-17(20)31-24(36)33-25-12-16(25)22(25)15-11-13(5-7-18(15)34)37-19-9-10-30-23-14(19)6-8-21(35)32-23/h1-5,7,9-11,16,22,34H,6,8,12H2,(H,30,32,35)(H2,31,33,36)/t16-,22+,25-/m0/s1. The van der Waals surface area contributed by atoms with Crippen LogP contribution in [0.3, 0.4) is 0 Å². The van der Waals surface area contributed by atoms with Gasteiger partial charge < -0.3 is 30.5 Å². The molecular formula is C26H21F3N4O5. The van der Waals surface area contributed by atoms with Crippen LogP contribution in [0.5, 0.6) is 23.0 Å². The summed E-state index contributed by atoms with van der Waals surface area (Å²) in [5, 5.41) is 18.5. The van der Waals surface area contributed by atoms with Crippen molar-refractivity contribution in [2.75, 3.05) is 10.6 Å². The first-order valence-electron chi connectivity index (χ1n) is 11.9. The second kappa shape index (κ2) is 8.54. The molecule has 3 aliphatic rings. The fraction of sp³-hybridized carbons (Fsp3) is 0.269. The summed E-state index contributed by atoms with van der Waals surface area (Å²) < 4.78 is 48.1. The van der Waals surface area contributed by atoms with Crippen molar-refractivity contribution in [1.29, 1.82) is 0 Å². The van der Waals surface area contributed by atoms with Crippen LogP contribution in [-0.4, -0.2) is 33.9 Å². The normalized spacial score (nSPS) is 22.9. The molecule has 1 aromatic heterocycles. The van der Waals surface area contributed by atoms with Gasteiger partial charge in [0, 0.05) is 29.7 Å². The van der Waals surface area contributed by atoms with Gasteiger partial charge in [-0.1, -0.05) is 12.1 Å². The number of aromatic nitrogens is 1. The first kappa shape index (κ1) is 23.9. The van der Waals surface area contributed by atoms with Crippen molar-refractivity contribution in [3.05, 3.63) is 65.9 Å². The van der Waals surface area contributed by atoms with Crippen LogP contribution in [0.15, 0.2) is 54.7 Å². The predicted octanol–water partition coefficient (Wildman–Crippen LogP) is 5.04. The molecule has 6 rings (SSSR count). The highest BCUT2D eigenvalue weighted by molar-refractivity contribution is 5.93. The number of benzene rings is 2. The van der Waals surface area contributed by atoms with Crippen molar-refractivity contribution >= 4 is 23.4 Å². The summed E-state index contributed by atoms with van der Waals surface area (Å²) in [5.74, 6) is 0.783. The number of aromatic hydroxyl groups is 1. The number of pyridine rings is 1. The Balaban J connectivity index is 1.15. The summed E-state index contributed by atoms with van der Waals surface area (Å²) in [7, 11) is 0. The third kappa shape index (κ3) is 4.42. The number of carbonyl (C=O) groups is 2. The van der Waals surface area contributed by atoms with E-state index in [1.165, 1.54) is 30.5 Å². The molecule has 3 atom stereocenters. The van der Waals surface area contributed by atoms with Crippen molar-refractivity contribution in [3.8, 4) is 23.0 Å². The highest BCUT2D eigenvalue weighted by atomic mass is 19.4. The van der Waals surface area contributed by atoms with Gasteiger partial charge in [0.1, 0.15) is 23.1 Å². The Morgan fingerprint density at radius 2 is 1.95 bits per heavy atom. The van der Waals surface area contributed by atoms with Gasteiger partial charge in [-0.2, -0.15) is 0 Å². The Hall–Kier alpha value is -4.48. The molecule has 9 nitrogen and oxygen atoms in total. The van der Waals surface area contributed by atoms with Crippen molar-refractivity contribution < 1.29 is 37.3 Å². The van der Waals surface area contributed by atoms with Gasteiger partial charge in [-0.3, -0.25) is 4.79 Å². The highest BCUT2D eigenvalue weighted by Crippen LogP contribution is 2.77.